The quantitative estimate of drug-likeness (QED) is 0.496. The fraction of sp³-hybridized carbons (Fsp3) is 0.636. The lowest BCUT2D eigenvalue weighted by atomic mass is 9.99. The van der Waals surface area contributed by atoms with Crippen molar-refractivity contribution < 1.29 is 4.79 Å². The number of Topliss-reactive ketones (excluding diaryl/α,β-unsaturated/α-hetero) is 1. The summed E-state index contributed by atoms with van der Waals surface area (Å²) in [6.07, 6.45) is 6.58. The third-order valence-electron chi connectivity index (χ3n) is 2.06. The van der Waals surface area contributed by atoms with Crippen LogP contribution in [0.2, 0.25) is 0 Å². The van der Waals surface area contributed by atoms with E-state index in [1.54, 1.807) is 6.92 Å². The Balaban J connectivity index is 3.63. The van der Waals surface area contributed by atoms with Crippen molar-refractivity contribution in [3.8, 4) is 0 Å². The van der Waals surface area contributed by atoms with E-state index >= 15 is 0 Å². The lowest BCUT2D eigenvalue weighted by molar-refractivity contribution is -0.113. The number of nitrogens with one attached hydrogen (secondary N) is 1. The van der Waals surface area contributed by atoms with Gasteiger partial charge in [-0.15, -0.1) is 0 Å². The zero-order valence-corrected chi connectivity index (χ0v) is 8.76. The standard InChI is InChI=1S/C11H19NO/c1-4-5-6-9(2)7-8-11(13)10(3)12/h4-5,9,12H,6-8H2,1-3H3. The highest BCUT2D eigenvalue weighted by molar-refractivity contribution is 6.37. The monoisotopic (exact) mass is 181 g/mol. The average molecular weight is 181 g/mol. The first-order valence-corrected chi connectivity index (χ1v) is 4.77. The number of hydrogen-bond acceptors (Lipinski definition) is 2. The summed E-state index contributed by atoms with van der Waals surface area (Å²) in [6.45, 7) is 5.69. The molecule has 0 aromatic heterocycles. The molecule has 0 amide bonds. The van der Waals surface area contributed by atoms with E-state index in [4.69, 9.17) is 5.41 Å². The molecule has 1 N–H and O–H groups in total. The lowest BCUT2D eigenvalue weighted by Crippen LogP contribution is -2.09. The van der Waals surface area contributed by atoms with E-state index in [0.29, 0.717) is 12.3 Å². The van der Waals surface area contributed by atoms with Crippen LogP contribution in [0.25, 0.3) is 0 Å². The molecule has 2 nitrogen and oxygen atoms in total. The average Bonchev–Trinajstić information content (AvgIpc) is 2.10. The largest absolute Gasteiger partial charge is 0.302 e. The van der Waals surface area contributed by atoms with Crippen LogP contribution in [0.1, 0.15) is 40.0 Å². The van der Waals surface area contributed by atoms with Gasteiger partial charge < -0.3 is 5.41 Å². The molecular formula is C11H19NO. The summed E-state index contributed by atoms with van der Waals surface area (Å²) in [6, 6.07) is 0. The molecule has 0 aromatic carbocycles. The molecule has 0 bridgehead atoms. The van der Waals surface area contributed by atoms with Gasteiger partial charge in [0.05, 0.1) is 5.71 Å². The maximum atomic E-state index is 11.1. The highest BCUT2D eigenvalue weighted by Gasteiger charge is 2.06. The second kappa shape index (κ2) is 6.58. The summed E-state index contributed by atoms with van der Waals surface area (Å²) in [4.78, 5) is 11.1. The Labute approximate surface area is 80.5 Å². The molecule has 0 aromatic rings. The molecule has 0 saturated carbocycles. The Morgan fingerprint density at radius 1 is 1.54 bits per heavy atom. The molecular weight excluding hydrogens is 162 g/mol. The summed E-state index contributed by atoms with van der Waals surface area (Å²) < 4.78 is 0. The number of rotatable bonds is 6. The Kier molecular flexibility index (Phi) is 6.11. The third-order valence-corrected chi connectivity index (χ3v) is 2.06. The molecule has 1 unspecified atom stereocenters. The molecule has 0 rings (SSSR count). The SMILES string of the molecule is CC=CCC(C)CCC(=O)C(C)=N. The summed E-state index contributed by atoms with van der Waals surface area (Å²) in [5, 5.41) is 7.12. The van der Waals surface area contributed by atoms with Crippen molar-refractivity contribution in [1.29, 1.82) is 5.41 Å². The van der Waals surface area contributed by atoms with Gasteiger partial charge in [0.2, 0.25) is 0 Å². The van der Waals surface area contributed by atoms with Gasteiger partial charge in [0.15, 0.2) is 5.78 Å². The fourth-order valence-corrected chi connectivity index (χ4v) is 1.05. The number of allylic oxidation sites excluding steroid dienone is 2. The van der Waals surface area contributed by atoms with Gasteiger partial charge in [-0.25, -0.2) is 0 Å². The van der Waals surface area contributed by atoms with Crippen LogP contribution in [0, 0.1) is 11.3 Å². The van der Waals surface area contributed by atoms with Crippen LogP contribution in [0.15, 0.2) is 12.2 Å². The highest BCUT2D eigenvalue weighted by Crippen LogP contribution is 2.11. The summed E-state index contributed by atoms with van der Waals surface area (Å²) in [5.41, 5.74) is 0.179. The van der Waals surface area contributed by atoms with Crippen molar-refractivity contribution in [3.63, 3.8) is 0 Å². The molecule has 1 atom stereocenters. The highest BCUT2D eigenvalue weighted by atomic mass is 16.1. The zero-order chi connectivity index (χ0) is 10.3. The molecule has 0 saturated heterocycles. The van der Waals surface area contributed by atoms with Crippen LogP contribution in [-0.2, 0) is 4.79 Å². The molecule has 0 aliphatic carbocycles. The van der Waals surface area contributed by atoms with Crippen LogP contribution in [-0.4, -0.2) is 11.5 Å². The van der Waals surface area contributed by atoms with Crippen molar-refractivity contribution in [2.24, 2.45) is 5.92 Å². The third kappa shape index (κ3) is 6.26. The predicted octanol–water partition coefficient (Wildman–Crippen LogP) is 2.98. The minimum Gasteiger partial charge on any atom is -0.302 e. The Morgan fingerprint density at radius 3 is 2.62 bits per heavy atom. The summed E-state index contributed by atoms with van der Waals surface area (Å²) in [7, 11) is 0. The molecule has 0 spiro atoms. The number of carbonyl (C=O) groups excluding carboxylic acids is 1. The molecule has 74 valence electrons. The van der Waals surface area contributed by atoms with Gasteiger partial charge in [-0.05, 0) is 32.6 Å². The molecule has 13 heavy (non-hydrogen) atoms. The maximum absolute atomic E-state index is 11.1. The fourth-order valence-electron chi connectivity index (χ4n) is 1.05. The Morgan fingerprint density at radius 2 is 2.15 bits per heavy atom. The van der Waals surface area contributed by atoms with Gasteiger partial charge in [0, 0.05) is 6.42 Å². The van der Waals surface area contributed by atoms with Crippen LogP contribution in [0.3, 0.4) is 0 Å². The first kappa shape index (κ1) is 12.1. The summed E-state index contributed by atoms with van der Waals surface area (Å²) >= 11 is 0. The molecule has 0 aliphatic heterocycles. The van der Waals surface area contributed by atoms with Crippen molar-refractivity contribution in [1.82, 2.24) is 0 Å². The van der Waals surface area contributed by atoms with Crippen LogP contribution in [0.4, 0.5) is 0 Å². The van der Waals surface area contributed by atoms with E-state index in [-0.39, 0.29) is 11.5 Å². The number of ketones is 1. The van der Waals surface area contributed by atoms with E-state index in [2.05, 4.69) is 13.0 Å². The molecule has 0 heterocycles. The van der Waals surface area contributed by atoms with Gasteiger partial charge in [-0.2, -0.15) is 0 Å². The van der Waals surface area contributed by atoms with Crippen molar-refractivity contribution in [2.45, 2.75) is 40.0 Å². The number of hydrogen-bond donors (Lipinski definition) is 1. The Hall–Kier alpha value is -0.920. The van der Waals surface area contributed by atoms with Crippen LogP contribution >= 0.6 is 0 Å². The van der Waals surface area contributed by atoms with Gasteiger partial charge in [-0.1, -0.05) is 19.1 Å². The van der Waals surface area contributed by atoms with Crippen LogP contribution in [0.5, 0.6) is 0 Å². The lowest BCUT2D eigenvalue weighted by Gasteiger charge is -2.06. The van der Waals surface area contributed by atoms with Crippen LogP contribution < -0.4 is 0 Å². The molecule has 0 fully saturated rings. The van der Waals surface area contributed by atoms with Gasteiger partial charge >= 0.3 is 0 Å². The first-order valence-electron chi connectivity index (χ1n) is 4.77. The van der Waals surface area contributed by atoms with E-state index < -0.39 is 0 Å². The smallest absolute Gasteiger partial charge is 0.176 e. The predicted molar refractivity (Wildman–Crippen MR) is 56.2 cm³/mol. The summed E-state index contributed by atoms with van der Waals surface area (Å²) in [5.74, 6) is 0.520. The number of carbonyl (C=O) groups is 1. The minimum absolute atomic E-state index is 0.0210. The van der Waals surface area contributed by atoms with E-state index in [9.17, 15) is 4.79 Å². The second-order valence-corrected chi connectivity index (χ2v) is 3.50. The van der Waals surface area contributed by atoms with Gasteiger partial charge in [-0.3, -0.25) is 4.79 Å². The molecule has 0 aliphatic rings. The molecule has 2 heteroatoms. The molecule has 0 radical (unpaired) electrons. The normalized spacial score (nSPS) is 13.2. The van der Waals surface area contributed by atoms with Gasteiger partial charge in [0.1, 0.15) is 0 Å². The van der Waals surface area contributed by atoms with E-state index in [1.165, 1.54) is 0 Å². The van der Waals surface area contributed by atoms with Gasteiger partial charge in [0.25, 0.3) is 0 Å². The van der Waals surface area contributed by atoms with E-state index in [1.807, 2.05) is 13.0 Å². The second-order valence-electron chi connectivity index (χ2n) is 3.50. The van der Waals surface area contributed by atoms with Crippen molar-refractivity contribution in [2.75, 3.05) is 0 Å². The minimum atomic E-state index is -0.0210. The van der Waals surface area contributed by atoms with Crippen molar-refractivity contribution >= 4 is 11.5 Å². The van der Waals surface area contributed by atoms with E-state index in [0.717, 1.165) is 12.8 Å². The zero-order valence-electron chi connectivity index (χ0n) is 8.76. The first-order chi connectivity index (χ1) is 6.07. The Bertz CT molecular complexity index is 206. The maximum Gasteiger partial charge on any atom is 0.176 e. The van der Waals surface area contributed by atoms with Crippen molar-refractivity contribution in [3.05, 3.63) is 12.2 Å². The topological polar surface area (TPSA) is 40.9 Å².